The molecule has 2 heterocycles. The maximum atomic E-state index is 13.1. The molecular formula is C25H31N3O5S. The number of fused-ring (bicyclic) bond motifs is 2. The molecule has 2 aromatic rings. The second-order valence-corrected chi connectivity index (χ2v) is 11.0. The third-order valence-corrected chi connectivity index (χ3v) is 9.00. The molecule has 0 spiro atoms. The summed E-state index contributed by atoms with van der Waals surface area (Å²) in [6.45, 7) is 4.13. The van der Waals surface area contributed by atoms with Gasteiger partial charge in [-0.05, 0) is 42.7 Å². The molecule has 34 heavy (non-hydrogen) atoms. The Bertz CT molecular complexity index is 1110. The number of aromatic nitrogens is 1. The molecule has 0 bridgehead atoms. The van der Waals surface area contributed by atoms with E-state index in [1.54, 1.807) is 19.2 Å². The third-order valence-electron chi connectivity index (χ3n) is 7.99. The molecular weight excluding hydrogens is 454 g/mol. The Morgan fingerprint density at radius 2 is 2.21 bits per heavy atom. The van der Waals surface area contributed by atoms with Crippen molar-refractivity contribution in [2.24, 2.45) is 16.7 Å². The fourth-order valence-electron chi connectivity index (χ4n) is 5.82. The van der Waals surface area contributed by atoms with E-state index < -0.39 is 17.4 Å². The molecule has 0 aromatic carbocycles. The highest BCUT2D eigenvalue weighted by atomic mass is 32.1. The van der Waals surface area contributed by atoms with Gasteiger partial charge in [-0.1, -0.05) is 19.8 Å². The maximum Gasteiger partial charge on any atom is 0.293 e. The van der Waals surface area contributed by atoms with Gasteiger partial charge in [0.2, 0.25) is 5.91 Å². The molecule has 5 atom stereocenters. The van der Waals surface area contributed by atoms with Crippen molar-refractivity contribution >= 4 is 28.3 Å². The second kappa shape index (κ2) is 9.17. The standard InChI is InChI=1S/C25H31N3O5S/c1-5-10-28(4)20(31)12-15-21-17(34-23(26-21)27-22(32)16-7-6-11-33-16)13-18-24(15,2)9-8-19(30)25(18,3)14-29/h1,6-7,11,15,18-19,29-30H,8-10,12-14H2,2-4H3,(H,26,27,32). The van der Waals surface area contributed by atoms with Crippen LogP contribution in [0.2, 0.25) is 0 Å². The predicted octanol–water partition coefficient (Wildman–Crippen LogP) is 2.89. The van der Waals surface area contributed by atoms with Crippen LogP contribution in [0, 0.1) is 29.1 Å². The Hall–Kier alpha value is -2.67. The van der Waals surface area contributed by atoms with Crippen LogP contribution in [0.3, 0.4) is 0 Å². The van der Waals surface area contributed by atoms with Gasteiger partial charge in [0.1, 0.15) is 0 Å². The van der Waals surface area contributed by atoms with Crippen LogP contribution in [0.4, 0.5) is 5.13 Å². The zero-order valence-electron chi connectivity index (χ0n) is 19.7. The Kier molecular flexibility index (Phi) is 6.60. The van der Waals surface area contributed by atoms with Crippen molar-refractivity contribution in [3.63, 3.8) is 0 Å². The van der Waals surface area contributed by atoms with Gasteiger partial charge in [0.15, 0.2) is 10.9 Å². The Morgan fingerprint density at radius 1 is 1.44 bits per heavy atom. The van der Waals surface area contributed by atoms with Crippen molar-refractivity contribution in [2.45, 2.75) is 51.6 Å². The van der Waals surface area contributed by atoms with Gasteiger partial charge in [-0.2, -0.15) is 0 Å². The summed E-state index contributed by atoms with van der Waals surface area (Å²) in [4.78, 5) is 32.9. The predicted molar refractivity (Wildman–Crippen MR) is 128 cm³/mol. The molecule has 2 aromatic heterocycles. The summed E-state index contributed by atoms with van der Waals surface area (Å²) < 4.78 is 5.18. The molecule has 3 N–H and O–H groups in total. The number of carbonyl (C=O) groups is 2. The average Bonchev–Trinajstić information content (AvgIpc) is 3.48. The molecule has 1 saturated carbocycles. The van der Waals surface area contributed by atoms with Gasteiger partial charge in [-0.3, -0.25) is 14.9 Å². The fraction of sp³-hybridized carbons (Fsp3) is 0.560. The summed E-state index contributed by atoms with van der Waals surface area (Å²) in [5, 5.41) is 24.4. The van der Waals surface area contributed by atoms with Crippen LogP contribution in [0.15, 0.2) is 22.8 Å². The van der Waals surface area contributed by atoms with Gasteiger partial charge in [0, 0.05) is 29.7 Å². The molecule has 2 aliphatic carbocycles. The average molecular weight is 486 g/mol. The molecule has 8 nitrogen and oxygen atoms in total. The maximum absolute atomic E-state index is 13.1. The molecule has 1 fully saturated rings. The van der Waals surface area contributed by atoms with Gasteiger partial charge >= 0.3 is 0 Å². The van der Waals surface area contributed by atoms with Crippen molar-refractivity contribution in [3.05, 3.63) is 34.7 Å². The highest BCUT2D eigenvalue weighted by molar-refractivity contribution is 7.15. The molecule has 182 valence electrons. The summed E-state index contributed by atoms with van der Waals surface area (Å²) >= 11 is 1.37. The second-order valence-electron chi connectivity index (χ2n) is 9.95. The van der Waals surface area contributed by atoms with E-state index >= 15 is 0 Å². The van der Waals surface area contributed by atoms with E-state index in [2.05, 4.69) is 18.2 Å². The minimum Gasteiger partial charge on any atom is -0.459 e. The van der Waals surface area contributed by atoms with E-state index in [-0.39, 0.29) is 48.5 Å². The van der Waals surface area contributed by atoms with Crippen LogP contribution < -0.4 is 5.32 Å². The molecule has 0 radical (unpaired) electrons. The van der Waals surface area contributed by atoms with E-state index in [1.807, 2.05) is 6.92 Å². The fourth-order valence-corrected chi connectivity index (χ4v) is 6.88. The monoisotopic (exact) mass is 485 g/mol. The first-order chi connectivity index (χ1) is 16.1. The molecule has 4 rings (SSSR count). The molecule has 0 saturated heterocycles. The number of rotatable bonds is 6. The summed E-state index contributed by atoms with van der Waals surface area (Å²) in [6, 6.07) is 3.22. The topological polar surface area (TPSA) is 116 Å². The number of aliphatic hydroxyl groups is 2. The van der Waals surface area contributed by atoms with Gasteiger partial charge < -0.3 is 19.5 Å². The molecule has 5 unspecified atom stereocenters. The number of hydrogen-bond acceptors (Lipinski definition) is 7. The lowest BCUT2D eigenvalue weighted by molar-refractivity contribution is -0.146. The number of terminal acetylenes is 1. The van der Waals surface area contributed by atoms with Crippen LogP contribution in [0.25, 0.3) is 0 Å². The SMILES string of the molecule is C#CCN(C)C(=O)CC1c2nc(NC(=O)c3ccco3)sc2CC2C(C)(CO)C(O)CCC12C. The number of carbonyl (C=O) groups excluding carboxylic acids is 2. The zero-order chi connectivity index (χ0) is 24.7. The summed E-state index contributed by atoms with van der Waals surface area (Å²) in [5.74, 6) is 1.92. The number of amides is 2. The van der Waals surface area contributed by atoms with Crippen LogP contribution in [0.1, 0.15) is 60.2 Å². The van der Waals surface area contributed by atoms with Gasteiger partial charge in [0.05, 0.1) is 31.2 Å². The minimum atomic E-state index is -0.710. The van der Waals surface area contributed by atoms with E-state index in [1.165, 1.54) is 22.5 Å². The highest BCUT2D eigenvalue weighted by Gasteiger charge is 2.59. The van der Waals surface area contributed by atoms with Crippen molar-refractivity contribution in [2.75, 3.05) is 25.5 Å². The molecule has 9 heteroatoms. The first-order valence-electron chi connectivity index (χ1n) is 11.4. The largest absolute Gasteiger partial charge is 0.459 e. The molecule has 2 aliphatic rings. The van der Waals surface area contributed by atoms with E-state index in [9.17, 15) is 19.8 Å². The van der Waals surface area contributed by atoms with Crippen molar-refractivity contribution in [1.82, 2.24) is 9.88 Å². The van der Waals surface area contributed by atoms with Crippen LogP contribution in [-0.2, 0) is 11.2 Å². The first-order valence-corrected chi connectivity index (χ1v) is 12.3. The van der Waals surface area contributed by atoms with E-state index in [0.29, 0.717) is 24.4 Å². The lowest BCUT2D eigenvalue weighted by atomic mass is 9.47. The van der Waals surface area contributed by atoms with Crippen LogP contribution in [-0.4, -0.2) is 58.2 Å². The molecule has 0 aliphatic heterocycles. The van der Waals surface area contributed by atoms with Crippen molar-refractivity contribution in [3.8, 4) is 12.3 Å². The summed E-state index contributed by atoms with van der Waals surface area (Å²) in [6.07, 6.45) is 8.27. The number of anilines is 1. The van der Waals surface area contributed by atoms with Gasteiger partial charge in [-0.15, -0.1) is 17.8 Å². The third kappa shape index (κ3) is 4.04. The summed E-state index contributed by atoms with van der Waals surface area (Å²) in [7, 11) is 1.68. The Labute approximate surface area is 203 Å². The van der Waals surface area contributed by atoms with Gasteiger partial charge in [-0.25, -0.2) is 4.98 Å². The Balaban J connectivity index is 1.73. The smallest absolute Gasteiger partial charge is 0.293 e. The van der Waals surface area contributed by atoms with Crippen molar-refractivity contribution in [1.29, 1.82) is 0 Å². The van der Waals surface area contributed by atoms with Crippen molar-refractivity contribution < 1.29 is 24.2 Å². The zero-order valence-corrected chi connectivity index (χ0v) is 20.5. The Morgan fingerprint density at radius 3 is 2.85 bits per heavy atom. The quantitative estimate of drug-likeness (QED) is 0.542. The lowest BCUT2D eigenvalue weighted by Gasteiger charge is -2.58. The number of furan rings is 1. The van der Waals surface area contributed by atoms with E-state index in [0.717, 1.165) is 10.6 Å². The number of nitrogens with zero attached hydrogens (tertiary/aromatic N) is 2. The first kappa shape index (κ1) is 24.5. The van der Waals surface area contributed by atoms with Gasteiger partial charge in [0.25, 0.3) is 5.91 Å². The number of nitrogens with one attached hydrogen (secondary N) is 1. The highest BCUT2D eigenvalue weighted by Crippen LogP contribution is 2.62. The van der Waals surface area contributed by atoms with Crippen LogP contribution in [0.5, 0.6) is 0 Å². The molecule has 2 amide bonds. The number of hydrogen-bond donors (Lipinski definition) is 3. The van der Waals surface area contributed by atoms with Crippen LogP contribution >= 0.6 is 11.3 Å². The normalized spacial score (nSPS) is 30.1. The van der Waals surface area contributed by atoms with E-state index in [4.69, 9.17) is 15.8 Å². The number of aliphatic hydroxyl groups excluding tert-OH is 2. The number of thiazole rings is 1. The summed E-state index contributed by atoms with van der Waals surface area (Å²) in [5.41, 5.74) is -0.275. The minimum absolute atomic E-state index is 0.0638. The lowest BCUT2D eigenvalue weighted by Crippen LogP contribution is -2.57.